The lowest BCUT2D eigenvalue weighted by Gasteiger charge is -2.32. The first-order chi connectivity index (χ1) is 10.2. The van der Waals surface area contributed by atoms with Crippen LogP contribution in [0.25, 0.3) is 0 Å². The minimum absolute atomic E-state index is 0.275. The van der Waals surface area contributed by atoms with Crippen molar-refractivity contribution in [2.24, 2.45) is 5.41 Å². The van der Waals surface area contributed by atoms with Crippen molar-refractivity contribution in [3.63, 3.8) is 0 Å². The van der Waals surface area contributed by atoms with E-state index in [1.54, 1.807) is 7.11 Å². The molecular weight excluding hydrogens is 280 g/mol. The fourth-order valence-electron chi connectivity index (χ4n) is 3.61. The quantitative estimate of drug-likeness (QED) is 0.819. The summed E-state index contributed by atoms with van der Waals surface area (Å²) in [7, 11) is 1.74. The Morgan fingerprint density at radius 2 is 1.95 bits per heavy atom. The Kier molecular flexibility index (Phi) is 5.38. The maximum absolute atomic E-state index is 11.9. The Morgan fingerprint density at radius 3 is 2.50 bits per heavy atom. The van der Waals surface area contributed by atoms with Gasteiger partial charge in [-0.05, 0) is 65.2 Å². The average molecular weight is 312 g/mol. The van der Waals surface area contributed by atoms with Crippen molar-refractivity contribution in [1.82, 2.24) is 10.6 Å². The maximum atomic E-state index is 11.9. The van der Waals surface area contributed by atoms with E-state index in [-0.39, 0.29) is 6.09 Å². The average Bonchev–Trinajstić information content (AvgIpc) is 3.02. The molecule has 0 saturated heterocycles. The highest BCUT2D eigenvalue weighted by Gasteiger charge is 2.56. The second kappa shape index (κ2) is 6.75. The number of hydrogen-bond acceptors (Lipinski definition) is 4. The number of carbonyl (C=O) groups is 1. The van der Waals surface area contributed by atoms with Gasteiger partial charge in [0, 0.05) is 25.2 Å². The molecule has 0 radical (unpaired) electrons. The molecule has 0 aromatic heterocycles. The molecular formula is C17H32N2O3. The largest absolute Gasteiger partial charge is 0.444 e. The molecule has 0 bridgehead atoms. The van der Waals surface area contributed by atoms with E-state index in [1.165, 1.54) is 25.7 Å². The molecule has 22 heavy (non-hydrogen) atoms. The molecule has 2 unspecified atom stereocenters. The summed E-state index contributed by atoms with van der Waals surface area (Å²) in [6.45, 7) is 8.61. The van der Waals surface area contributed by atoms with Crippen molar-refractivity contribution in [3.05, 3.63) is 0 Å². The lowest BCUT2D eigenvalue weighted by molar-refractivity contribution is 0.0511. The number of alkyl carbamates (subject to hydrolysis) is 1. The smallest absolute Gasteiger partial charge is 0.407 e. The standard InChI is InChI=1S/C17H32N2O3/c1-12(11-21-5)18-13-6-8-17(9-7-13)10-14(17)19-15(20)22-16(2,3)4/h12-14,18H,6-11H2,1-5H3,(H,19,20). The van der Waals surface area contributed by atoms with E-state index in [1.807, 2.05) is 20.8 Å². The summed E-state index contributed by atoms with van der Waals surface area (Å²) in [6, 6.07) is 1.29. The number of methoxy groups -OCH3 is 1. The number of rotatable bonds is 5. The highest BCUT2D eigenvalue weighted by molar-refractivity contribution is 5.68. The van der Waals surface area contributed by atoms with Gasteiger partial charge in [0.2, 0.25) is 0 Å². The second-order valence-electron chi connectivity index (χ2n) is 8.06. The molecule has 5 nitrogen and oxygen atoms in total. The van der Waals surface area contributed by atoms with E-state index in [4.69, 9.17) is 9.47 Å². The number of amides is 1. The molecule has 1 spiro atoms. The van der Waals surface area contributed by atoms with Crippen LogP contribution in [0.1, 0.15) is 59.8 Å². The molecule has 0 aliphatic heterocycles. The van der Waals surface area contributed by atoms with Crippen LogP contribution in [0.4, 0.5) is 4.79 Å². The monoisotopic (exact) mass is 312 g/mol. The molecule has 0 heterocycles. The van der Waals surface area contributed by atoms with Gasteiger partial charge >= 0.3 is 6.09 Å². The Bertz CT molecular complexity index is 384. The summed E-state index contributed by atoms with van der Waals surface area (Å²) in [5.41, 5.74) is -0.0925. The van der Waals surface area contributed by atoms with Gasteiger partial charge in [-0.1, -0.05) is 0 Å². The molecule has 0 aromatic carbocycles. The molecule has 2 fully saturated rings. The van der Waals surface area contributed by atoms with Crippen LogP contribution in [0, 0.1) is 5.41 Å². The van der Waals surface area contributed by atoms with E-state index in [9.17, 15) is 4.79 Å². The predicted molar refractivity (Wildman–Crippen MR) is 86.9 cm³/mol. The summed E-state index contributed by atoms with van der Waals surface area (Å²) in [6.07, 6.45) is 5.56. The Balaban J connectivity index is 1.70. The van der Waals surface area contributed by atoms with Crippen LogP contribution >= 0.6 is 0 Å². The van der Waals surface area contributed by atoms with Gasteiger partial charge in [-0.3, -0.25) is 0 Å². The van der Waals surface area contributed by atoms with E-state index in [0.29, 0.717) is 23.5 Å². The summed E-state index contributed by atoms with van der Waals surface area (Å²) in [4.78, 5) is 11.9. The highest BCUT2D eigenvalue weighted by Crippen LogP contribution is 2.56. The summed E-state index contributed by atoms with van der Waals surface area (Å²) in [5.74, 6) is 0. The number of nitrogens with one attached hydrogen (secondary N) is 2. The predicted octanol–water partition coefficient (Wildman–Crippen LogP) is 2.84. The van der Waals surface area contributed by atoms with Gasteiger partial charge in [0.25, 0.3) is 0 Å². The van der Waals surface area contributed by atoms with Crippen molar-refractivity contribution in [3.8, 4) is 0 Å². The van der Waals surface area contributed by atoms with Gasteiger partial charge in [-0.2, -0.15) is 0 Å². The number of carbonyl (C=O) groups excluding carboxylic acids is 1. The minimum Gasteiger partial charge on any atom is -0.444 e. The Morgan fingerprint density at radius 1 is 1.32 bits per heavy atom. The first kappa shape index (κ1) is 17.5. The van der Waals surface area contributed by atoms with E-state index < -0.39 is 5.60 Å². The molecule has 2 rings (SSSR count). The van der Waals surface area contributed by atoms with Gasteiger partial charge in [0.1, 0.15) is 5.60 Å². The van der Waals surface area contributed by atoms with Crippen LogP contribution in [0.15, 0.2) is 0 Å². The van der Waals surface area contributed by atoms with Crippen molar-refractivity contribution >= 4 is 6.09 Å². The van der Waals surface area contributed by atoms with Crippen molar-refractivity contribution in [2.45, 2.75) is 83.5 Å². The lowest BCUT2D eigenvalue weighted by atomic mass is 9.82. The molecule has 2 atom stereocenters. The van der Waals surface area contributed by atoms with Gasteiger partial charge in [-0.15, -0.1) is 0 Å². The molecule has 2 aliphatic carbocycles. The normalized spacial score (nSPS) is 32.6. The molecule has 128 valence electrons. The van der Waals surface area contributed by atoms with Gasteiger partial charge < -0.3 is 20.1 Å². The van der Waals surface area contributed by atoms with Crippen molar-refractivity contribution in [1.29, 1.82) is 0 Å². The molecule has 2 saturated carbocycles. The van der Waals surface area contributed by atoms with Gasteiger partial charge in [0.15, 0.2) is 0 Å². The van der Waals surface area contributed by atoms with Crippen molar-refractivity contribution < 1.29 is 14.3 Å². The zero-order chi connectivity index (χ0) is 16.4. The minimum atomic E-state index is -0.425. The van der Waals surface area contributed by atoms with E-state index >= 15 is 0 Å². The fourth-order valence-corrected chi connectivity index (χ4v) is 3.61. The second-order valence-corrected chi connectivity index (χ2v) is 8.06. The maximum Gasteiger partial charge on any atom is 0.407 e. The zero-order valence-electron chi connectivity index (χ0n) is 14.7. The molecule has 1 amide bonds. The number of hydrogen-bond donors (Lipinski definition) is 2. The molecule has 0 aromatic rings. The molecule has 2 aliphatic rings. The van der Waals surface area contributed by atoms with Crippen LogP contribution < -0.4 is 10.6 Å². The third kappa shape index (κ3) is 4.85. The van der Waals surface area contributed by atoms with Crippen LogP contribution in [-0.2, 0) is 9.47 Å². The highest BCUT2D eigenvalue weighted by atomic mass is 16.6. The SMILES string of the molecule is COCC(C)NC1CCC2(CC1)CC2NC(=O)OC(C)(C)C. The van der Waals surface area contributed by atoms with Crippen LogP contribution in [0.2, 0.25) is 0 Å². The molecule has 5 heteroatoms. The first-order valence-electron chi connectivity index (χ1n) is 8.49. The van der Waals surface area contributed by atoms with Gasteiger partial charge in [0.05, 0.1) is 6.61 Å². The zero-order valence-corrected chi connectivity index (χ0v) is 14.7. The molecule has 2 N–H and O–H groups in total. The fraction of sp³-hybridized carbons (Fsp3) is 0.941. The van der Waals surface area contributed by atoms with Crippen LogP contribution in [0.3, 0.4) is 0 Å². The topological polar surface area (TPSA) is 59.6 Å². The third-order valence-corrected chi connectivity index (χ3v) is 4.80. The van der Waals surface area contributed by atoms with Crippen LogP contribution in [0.5, 0.6) is 0 Å². The summed E-state index contributed by atoms with van der Waals surface area (Å²) in [5, 5.41) is 6.68. The summed E-state index contributed by atoms with van der Waals surface area (Å²) >= 11 is 0. The number of ether oxygens (including phenoxy) is 2. The van der Waals surface area contributed by atoms with Crippen molar-refractivity contribution in [2.75, 3.05) is 13.7 Å². The Labute approximate surface area is 134 Å². The third-order valence-electron chi connectivity index (χ3n) is 4.80. The Hall–Kier alpha value is -0.810. The first-order valence-corrected chi connectivity index (χ1v) is 8.49. The van der Waals surface area contributed by atoms with Gasteiger partial charge in [-0.25, -0.2) is 4.79 Å². The van der Waals surface area contributed by atoms with E-state index in [0.717, 1.165) is 13.0 Å². The lowest BCUT2D eigenvalue weighted by Crippen LogP contribution is -2.42. The van der Waals surface area contributed by atoms with E-state index in [2.05, 4.69) is 17.6 Å². The summed E-state index contributed by atoms with van der Waals surface area (Å²) < 4.78 is 10.5. The van der Waals surface area contributed by atoms with Crippen LogP contribution in [-0.4, -0.2) is 43.5 Å².